The Bertz CT molecular complexity index is 674. The van der Waals surface area contributed by atoms with Crippen molar-refractivity contribution in [2.45, 2.75) is 16.8 Å². The van der Waals surface area contributed by atoms with Crippen LogP contribution in [0, 0.1) is 10.1 Å². The number of hydrogen-bond donors (Lipinski definition) is 0. The Labute approximate surface area is 127 Å². The summed E-state index contributed by atoms with van der Waals surface area (Å²) < 4.78 is 0.859. The van der Waals surface area contributed by atoms with Crippen molar-refractivity contribution < 1.29 is 9.72 Å². The zero-order valence-electron chi connectivity index (χ0n) is 10.4. The molecule has 5 nitrogen and oxygen atoms in total. The molecule has 2 rings (SSSR count). The van der Waals surface area contributed by atoms with Gasteiger partial charge in [0.05, 0.1) is 4.92 Å². The van der Waals surface area contributed by atoms with Crippen molar-refractivity contribution in [1.29, 1.82) is 0 Å². The quantitative estimate of drug-likeness (QED) is 0.470. The van der Waals surface area contributed by atoms with Crippen LogP contribution in [-0.2, 0) is 0 Å². The highest BCUT2D eigenvalue weighted by molar-refractivity contribution is 9.10. The number of pyridine rings is 1. The van der Waals surface area contributed by atoms with Gasteiger partial charge >= 0.3 is 0 Å². The molecule has 1 heterocycles. The molecule has 0 aliphatic rings. The SMILES string of the molecule is CC(=O)c1cc([N+](=O)[O-])ccc1Sc1ccc(Br)cn1. The zero-order chi connectivity index (χ0) is 14.7. The van der Waals surface area contributed by atoms with E-state index in [1.807, 2.05) is 6.07 Å². The number of carbonyl (C=O) groups excluding carboxylic acids is 1. The maximum Gasteiger partial charge on any atom is 0.270 e. The molecule has 0 atom stereocenters. The van der Waals surface area contributed by atoms with Gasteiger partial charge in [-0.1, -0.05) is 11.8 Å². The molecule has 0 fully saturated rings. The molecule has 2 aromatic rings. The second-order valence-corrected chi connectivity index (χ2v) is 5.89. The van der Waals surface area contributed by atoms with E-state index in [9.17, 15) is 14.9 Å². The highest BCUT2D eigenvalue weighted by Gasteiger charge is 2.15. The summed E-state index contributed by atoms with van der Waals surface area (Å²) in [6, 6.07) is 7.90. The van der Waals surface area contributed by atoms with Crippen LogP contribution in [-0.4, -0.2) is 15.7 Å². The predicted octanol–water partition coefficient (Wildman–Crippen LogP) is 4.11. The maximum atomic E-state index is 11.6. The van der Waals surface area contributed by atoms with Gasteiger partial charge in [-0.05, 0) is 41.1 Å². The molecular weight excluding hydrogens is 344 g/mol. The number of rotatable bonds is 4. The number of nitro benzene ring substituents is 1. The molecule has 0 saturated heterocycles. The third-order valence-electron chi connectivity index (χ3n) is 2.47. The van der Waals surface area contributed by atoms with Crippen molar-refractivity contribution in [3.8, 4) is 0 Å². The highest BCUT2D eigenvalue weighted by Crippen LogP contribution is 2.32. The number of nitrogens with zero attached hydrogens (tertiary/aromatic N) is 2. The van der Waals surface area contributed by atoms with Crippen LogP contribution >= 0.6 is 27.7 Å². The van der Waals surface area contributed by atoms with Crippen molar-refractivity contribution in [3.05, 3.63) is 56.7 Å². The molecule has 0 unspecified atom stereocenters. The molecule has 0 bridgehead atoms. The van der Waals surface area contributed by atoms with Gasteiger partial charge in [-0.3, -0.25) is 14.9 Å². The molecular formula is C13H9BrN2O3S. The molecule has 0 radical (unpaired) electrons. The second kappa shape index (κ2) is 6.15. The number of hydrogen-bond acceptors (Lipinski definition) is 5. The average molecular weight is 353 g/mol. The van der Waals surface area contributed by atoms with Gasteiger partial charge in [0.25, 0.3) is 5.69 Å². The largest absolute Gasteiger partial charge is 0.294 e. The first-order chi connectivity index (χ1) is 9.47. The summed E-state index contributed by atoms with van der Waals surface area (Å²) in [4.78, 5) is 26.7. The molecule has 0 N–H and O–H groups in total. The highest BCUT2D eigenvalue weighted by atomic mass is 79.9. The number of aromatic nitrogens is 1. The zero-order valence-corrected chi connectivity index (χ0v) is 12.8. The van der Waals surface area contributed by atoms with Crippen LogP contribution in [0.4, 0.5) is 5.69 Å². The molecule has 0 saturated carbocycles. The number of ketones is 1. The summed E-state index contributed by atoms with van der Waals surface area (Å²) in [5, 5.41) is 11.5. The lowest BCUT2D eigenvalue weighted by atomic mass is 10.1. The number of halogens is 1. The van der Waals surface area contributed by atoms with E-state index in [4.69, 9.17) is 0 Å². The van der Waals surface area contributed by atoms with Crippen molar-refractivity contribution in [2.24, 2.45) is 0 Å². The fourth-order valence-corrected chi connectivity index (χ4v) is 2.68. The van der Waals surface area contributed by atoms with Crippen molar-refractivity contribution >= 4 is 39.2 Å². The minimum Gasteiger partial charge on any atom is -0.294 e. The normalized spacial score (nSPS) is 10.3. The summed E-state index contributed by atoms with van der Waals surface area (Å²) in [5.41, 5.74) is 0.234. The minimum absolute atomic E-state index is 0.0942. The number of nitro groups is 1. The topological polar surface area (TPSA) is 73.1 Å². The Kier molecular flexibility index (Phi) is 4.51. The van der Waals surface area contributed by atoms with E-state index in [0.717, 1.165) is 4.47 Å². The Morgan fingerprint density at radius 3 is 2.65 bits per heavy atom. The first-order valence-electron chi connectivity index (χ1n) is 5.56. The van der Waals surface area contributed by atoms with E-state index in [0.29, 0.717) is 15.5 Å². The molecule has 0 aliphatic heterocycles. The minimum atomic E-state index is -0.515. The van der Waals surface area contributed by atoms with Crippen molar-refractivity contribution in [3.63, 3.8) is 0 Å². The summed E-state index contributed by atoms with van der Waals surface area (Å²) in [7, 11) is 0. The van der Waals surface area contributed by atoms with Crippen molar-refractivity contribution in [2.75, 3.05) is 0 Å². The van der Waals surface area contributed by atoms with E-state index < -0.39 is 4.92 Å². The Hall–Kier alpha value is -1.73. The van der Waals surface area contributed by atoms with Gasteiger partial charge < -0.3 is 0 Å². The second-order valence-electron chi connectivity index (χ2n) is 3.91. The summed E-state index contributed by atoms with van der Waals surface area (Å²) in [6.07, 6.45) is 1.65. The molecule has 0 spiro atoms. The van der Waals surface area contributed by atoms with Gasteiger partial charge in [-0.25, -0.2) is 4.98 Å². The first kappa shape index (κ1) is 14.7. The lowest BCUT2D eigenvalue weighted by Crippen LogP contribution is -1.98. The number of benzene rings is 1. The Balaban J connectivity index is 2.38. The van der Waals surface area contributed by atoms with Crippen LogP contribution in [0.5, 0.6) is 0 Å². The fourth-order valence-electron chi connectivity index (χ4n) is 1.53. The molecule has 0 amide bonds. The van der Waals surface area contributed by atoms with Crippen LogP contribution in [0.25, 0.3) is 0 Å². The first-order valence-corrected chi connectivity index (χ1v) is 7.17. The third kappa shape index (κ3) is 3.43. The van der Waals surface area contributed by atoms with Gasteiger partial charge in [-0.15, -0.1) is 0 Å². The summed E-state index contributed by atoms with van der Waals surface area (Å²) in [5.74, 6) is -0.215. The van der Waals surface area contributed by atoms with E-state index in [1.54, 1.807) is 18.3 Å². The fraction of sp³-hybridized carbons (Fsp3) is 0.0769. The van der Waals surface area contributed by atoms with Gasteiger partial charge in [-0.2, -0.15) is 0 Å². The Morgan fingerprint density at radius 2 is 2.10 bits per heavy atom. The predicted molar refractivity (Wildman–Crippen MR) is 79.2 cm³/mol. The Morgan fingerprint density at radius 1 is 1.35 bits per heavy atom. The molecule has 1 aromatic carbocycles. The van der Waals surface area contributed by atoms with Gasteiger partial charge in [0.1, 0.15) is 5.03 Å². The average Bonchev–Trinajstić information content (AvgIpc) is 2.41. The van der Waals surface area contributed by atoms with Crippen LogP contribution < -0.4 is 0 Å². The van der Waals surface area contributed by atoms with Crippen LogP contribution in [0.2, 0.25) is 0 Å². The van der Waals surface area contributed by atoms with E-state index >= 15 is 0 Å². The van der Waals surface area contributed by atoms with Crippen LogP contribution in [0.3, 0.4) is 0 Å². The number of carbonyl (C=O) groups is 1. The maximum absolute atomic E-state index is 11.6. The standard InChI is InChI=1S/C13H9BrN2O3S/c1-8(17)11-6-10(16(18)19)3-4-12(11)20-13-5-2-9(14)7-15-13/h2-7H,1H3. The summed E-state index contributed by atoms with van der Waals surface area (Å²) in [6.45, 7) is 1.39. The van der Waals surface area contributed by atoms with Gasteiger partial charge in [0, 0.05) is 33.3 Å². The van der Waals surface area contributed by atoms with Gasteiger partial charge in [0.15, 0.2) is 5.78 Å². The van der Waals surface area contributed by atoms with E-state index in [-0.39, 0.29) is 11.5 Å². The van der Waals surface area contributed by atoms with Gasteiger partial charge in [0.2, 0.25) is 0 Å². The molecule has 102 valence electrons. The van der Waals surface area contributed by atoms with Crippen LogP contribution in [0.15, 0.2) is 50.9 Å². The van der Waals surface area contributed by atoms with Crippen molar-refractivity contribution in [1.82, 2.24) is 4.98 Å². The smallest absolute Gasteiger partial charge is 0.270 e. The number of non-ortho nitro benzene ring substituents is 1. The van der Waals surface area contributed by atoms with E-state index in [1.165, 1.54) is 30.8 Å². The molecule has 1 aromatic heterocycles. The van der Waals surface area contributed by atoms with Crippen LogP contribution in [0.1, 0.15) is 17.3 Å². The third-order valence-corrected chi connectivity index (χ3v) is 3.96. The lowest BCUT2D eigenvalue weighted by Gasteiger charge is -2.06. The number of Topliss-reactive ketones (excluding diaryl/α,β-unsaturated/α-hetero) is 1. The monoisotopic (exact) mass is 352 g/mol. The molecule has 0 aliphatic carbocycles. The summed E-state index contributed by atoms with van der Waals surface area (Å²) >= 11 is 4.59. The van der Waals surface area contributed by atoms with E-state index in [2.05, 4.69) is 20.9 Å². The molecule has 7 heteroatoms. The molecule has 20 heavy (non-hydrogen) atoms. The lowest BCUT2D eigenvalue weighted by molar-refractivity contribution is -0.384.